The maximum absolute atomic E-state index is 13.1. The maximum Gasteiger partial charge on any atom is 0.357 e. The summed E-state index contributed by atoms with van der Waals surface area (Å²) in [6, 6.07) is 5.95. The minimum absolute atomic E-state index is 0.228. The Kier molecular flexibility index (Phi) is 4.20. The zero-order chi connectivity index (χ0) is 16.4. The van der Waals surface area contributed by atoms with E-state index in [9.17, 15) is 9.18 Å². The van der Waals surface area contributed by atoms with Gasteiger partial charge in [-0.2, -0.15) is 0 Å². The summed E-state index contributed by atoms with van der Waals surface area (Å²) in [4.78, 5) is 20.3. The number of esters is 1. The number of halogens is 1. The minimum atomic E-state index is -0.477. The molecule has 0 unspecified atom stereocenters. The number of carbonyl (C=O) groups excluding carboxylic acids is 1. The molecule has 0 N–H and O–H groups in total. The normalized spacial score (nSPS) is 10.7. The van der Waals surface area contributed by atoms with E-state index in [1.165, 1.54) is 23.5 Å². The molecule has 1 aromatic carbocycles. The van der Waals surface area contributed by atoms with Crippen molar-refractivity contribution in [3.8, 4) is 22.0 Å². The fourth-order valence-corrected chi connectivity index (χ4v) is 2.82. The molecule has 0 amide bonds. The third-order valence-electron chi connectivity index (χ3n) is 3.03. The van der Waals surface area contributed by atoms with Gasteiger partial charge in [0.05, 0.1) is 6.61 Å². The van der Waals surface area contributed by atoms with Crippen molar-refractivity contribution in [2.75, 3.05) is 6.61 Å². The number of thiazole rings is 1. The SMILES string of the molecule is CCOC(=O)c1csc(-c2oc(C)nc2-c2ccc(F)cc2)n1. The van der Waals surface area contributed by atoms with Crippen molar-refractivity contribution in [1.82, 2.24) is 9.97 Å². The molecule has 0 bridgehead atoms. The number of aromatic nitrogens is 2. The maximum atomic E-state index is 13.1. The monoisotopic (exact) mass is 332 g/mol. The van der Waals surface area contributed by atoms with E-state index in [2.05, 4.69) is 9.97 Å². The van der Waals surface area contributed by atoms with Crippen molar-refractivity contribution in [2.45, 2.75) is 13.8 Å². The molecule has 0 aliphatic heterocycles. The zero-order valence-electron chi connectivity index (χ0n) is 12.5. The van der Waals surface area contributed by atoms with Gasteiger partial charge < -0.3 is 9.15 Å². The van der Waals surface area contributed by atoms with Gasteiger partial charge in [0, 0.05) is 17.9 Å². The minimum Gasteiger partial charge on any atom is -0.461 e. The summed E-state index contributed by atoms with van der Waals surface area (Å²) in [5.74, 6) is 0.116. The van der Waals surface area contributed by atoms with Crippen LogP contribution in [-0.2, 0) is 4.74 Å². The van der Waals surface area contributed by atoms with Crippen molar-refractivity contribution in [2.24, 2.45) is 0 Å². The highest BCUT2D eigenvalue weighted by atomic mass is 32.1. The Balaban J connectivity index is 2.01. The first-order chi connectivity index (χ1) is 11.1. The number of ether oxygens (including phenoxy) is 1. The molecule has 2 heterocycles. The van der Waals surface area contributed by atoms with E-state index >= 15 is 0 Å². The standard InChI is InChI=1S/C16H13FN2O3S/c1-3-21-16(20)12-8-23-15(19-12)14-13(18-9(2)22-14)10-4-6-11(17)7-5-10/h4-8H,3H2,1-2H3. The van der Waals surface area contributed by atoms with Crippen LogP contribution in [0, 0.1) is 12.7 Å². The van der Waals surface area contributed by atoms with Gasteiger partial charge in [-0.3, -0.25) is 0 Å². The molecule has 118 valence electrons. The molecule has 3 aromatic rings. The molecule has 5 nitrogen and oxygen atoms in total. The highest BCUT2D eigenvalue weighted by Crippen LogP contribution is 2.34. The molecule has 0 aliphatic carbocycles. The van der Waals surface area contributed by atoms with Crippen molar-refractivity contribution in [3.05, 3.63) is 47.0 Å². The Bertz CT molecular complexity index is 839. The van der Waals surface area contributed by atoms with Crippen molar-refractivity contribution in [1.29, 1.82) is 0 Å². The van der Waals surface area contributed by atoms with E-state index in [0.717, 1.165) is 0 Å². The lowest BCUT2D eigenvalue weighted by Crippen LogP contribution is -2.04. The van der Waals surface area contributed by atoms with Gasteiger partial charge in [-0.25, -0.2) is 19.2 Å². The number of benzene rings is 1. The van der Waals surface area contributed by atoms with Crippen molar-refractivity contribution >= 4 is 17.3 Å². The molecular weight excluding hydrogens is 319 g/mol. The van der Waals surface area contributed by atoms with E-state index in [0.29, 0.717) is 27.9 Å². The molecule has 23 heavy (non-hydrogen) atoms. The Morgan fingerprint density at radius 1 is 1.30 bits per heavy atom. The van der Waals surface area contributed by atoms with Gasteiger partial charge in [-0.05, 0) is 31.2 Å². The fourth-order valence-electron chi connectivity index (χ4n) is 2.05. The summed E-state index contributed by atoms with van der Waals surface area (Å²) < 4.78 is 23.6. The molecule has 3 rings (SSSR count). The predicted molar refractivity (Wildman–Crippen MR) is 83.7 cm³/mol. The van der Waals surface area contributed by atoms with Crippen LogP contribution < -0.4 is 0 Å². The largest absolute Gasteiger partial charge is 0.461 e. The first-order valence-corrected chi connectivity index (χ1v) is 7.83. The molecule has 0 radical (unpaired) electrons. The third-order valence-corrected chi connectivity index (χ3v) is 3.88. The highest BCUT2D eigenvalue weighted by molar-refractivity contribution is 7.13. The molecule has 0 aliphatic rings. The smallest absolute Gasteiger partial charge is 0.357 e. The lowest BCUT2D eigenvalue weighted by molar-refractivity contribution is 0.0520. The summed E-state index contributed by atoms with van der Waals surface area (Å²) in [6.45, 7) is 3.74. The van der Waals surface area contributed by atoms with Crippen LogP contribution in [0.15, 0.2) is 34.1 Å². The Morgan fingerprint density at radius 2 is 2.04 bits per heavy atom. The van der Waals surface area contributed by atoms with Crippen LogP contribution in [0.25, 0.3) is 22.0 Å². The van der Waals surface area contributed by atoms with E-state index in [4.69, 9.17) is 9.15 Å². The second-order valence-electron chi connectivity index (χ2n) is 4.68. The quantitative estimate of drug-likeness (QED) is 0.673. The van der Waals surface area contributed by atoms with E-state index < -0.39 is 5.97 Å². The summed E-state index contributed by atoms with van der Waals surface area (Å²) in [5, 5.41) is 2.13. The highest BCUT2D eigenvalue weighted by Gasteiger charge is 2.20. The summed E-state index contributed by atoms with van der Waals surface area (Å²) >= 11 is 1.26. The molecule has 0 fully saturated rings. The number of rotatable bonds is 4. The fraction of sp³-hybridized carbons (Fsp3) is 0.188. The van der Waals surface area contributed by atoms with E-state index in [-0.39, 0.29) is 18.1 Å². The first kappa shape index (κ1) is 15.4. The first-order valence-electron chi connectivity index (χ1n) is 6.95. The Hall–Kier alpha value is -2.54. The molecule has 0 atom stereocenters. The Morgan fingerprint density at radius 3 is 2.74 bits per heavy atom. The number of nitrogens with zero attached hydrogens (tertiary/aromatic N) is 2. The molecule has 2 aromatic heterocycles. The van der Waals surface area contributed by atoms with Crippen LogP contribution in [0.2, 0.25) is 0 Å². The van der Waals surface area contributed by atoms with Crippen LogP contribution >= 0.6 is 11.3 Å². The number of hydrogen-bond acceptors (Lipinski definition) is 6. The van der Waals surface area contributed by atoms with Gasteiger partial charge >= 0.3 is 5.97 Å². The third kappa shape index (κ3) is 3.14. The van der Waals surface area contributed by atoms with Crippen molar-refractivity contribution < 1.29 is 18.3 Å². The second kappa shape index (κ2) is 6.29. The van der Waals surface area contributed by atoms with Crippen LogP contribution in [-0.4, -0.2) is 22.5 Å². The van der Waals surface area contributed by atoms with Crippen LogP contribution in [0.3, 0.4) is 0 Å². The van der Waals surface area contributed by atoms with Gasteiger partial charge in [0.25, 0.3) is 0 Å². The molecular formula is C16H13FN2O3S. The number of carbonyl (C=O) groups is 1. The Labute approximate surface area is 135 Å². The average Bonchev–Trinajstić information content (AvgIpc) is 3.15. The summed E-state index contributed by atoms with van der Waals surface area (Å²) in [5.41, 5.74) is 1.50. The number of aryl methyl sites for hydroxylation is 1. The molecule has 7 heteroatoms. The van der Waals surface area contributed by atoms with Gasteiger partial charge in [0.2, 0.25) is 0 Å². The number of hydrogen-bond donors (Lipinski definition) is 0. The topological polar surface area (TPSA) is 65.2 Å². The lowest BCUT2D eigenvalue weighted by atomic mass is 10.1. The number of oxazole rings is 1. The van der Waals surface area contributed by atoms with Crippen LogP contribution in [0.4, 0.5) is 4.39 Å². The predicted octanol–water partition coefficient (Wildman–Crippen LogP) is 4.09. The molecule has 0 saturated heterocycles. The lowest BCUT2D eigenvalue weighted by Gasteiger charge is -1.99. The van der Waals surface area contributed by atoms with Gasteiger partial charge in [-0.1, -0.05) is 0 Å². The zero-order valence-corrected chi connectivity index (χ0v) is 13.3. The van der Waals surface area contributed by atoms with Crippen LogP contribution in [0.5, 0.6) is 0 Å². The van der Waals surface area contributed by atoms with Gasteiger partial charge in [0.1, 0.15) is 11.5 Å². The van der Waals surface area contributed by atoms with E-state index in [1.54, 1.807) is 31.4 Å². The van der Waals surface area contributed by atoms with E-state index in [1.807, 2.05) is 0 Å². The summed E-state index contributed by atoms with van der Waals surface area (Å²) in [7, 11) is 0. The molecule has 0 saturated carbocycles. The summed E-state index contributed by atoms with van der Waals surface area (Å²) in [6.07, 6.45) is 0. The second-order valence-corrected chi connectivity index (χ2v) is 5.53. The van der Waals surface area contributed by atoms with Crippen LogP contribution in [0.1, 0.15) is 23.3 Å². The van der Waals surface area contributed by atoms with Crippen molar-refractivity contribution in [3.63, 3.8) is 0 Å². The van der Waals surface area contributed by atoms with Gasteiger partial charge in [0.15, 0.2) is 22.4 Å². The van der Waals surface area contributed by atoms with Gasteiger partial charge in [-0.15, -0.1) is 11.3 Å². The average molecular weight is 332 g/mol. The molecule has 0 spiro atoms.